The van der Waals surface area contributed by atoms with Crippen molar-refractivity contribution in [3.8, 4) is 0 Å². The standard InChI is InChI=1S/C11H15NO3S/c1-2-12(8-11(14)15)10(13)6-5-9-4-3-7-16-9/h3-4,7H,2,5-6,8H2,1H3,(H,14,15). The molecule has 0 aromatic carbocycles. The van der Waals surface area contributed by atoms with Crippen molar-refractivity contribution in [2.45, 2.75) is 19.8 Å². The summed E-state index contributed by atoms with van der Waals surface area (Å²) < 4.78 is 0. The number of thiophene rings is 1. The van der Waals surface area contributed by atoms with Crippen LogP contribution in [0, 0.1) is 0 Å². The monoisotopic (exact) mass is 241 g/mol. The van der Waals surface area contributed by atoms with Gasteiger partial charge in [-0.25, -0.2) is 0 Å². The zero-order chi connectivity index (χ0) is 12.0. The second-order valence-corrected chi connectivity index (χ2v) is 4.41. The molecule has 0 unspecified atom stereocenters. The van der Waals surface area contributed by atoms with Crippen LogP contribution in [0.4, 0.5) is 0 Å². The maximum Gasteiger partial charge on any atom is 0.323 e. The molecule has 16 heavy (non-hydrogen) atoms. The van der Waals surface area contributed by atoms with Gasteiger partial charge < -0.3 is 10.0 Å². The molecule has 1 N–H and O–H groups in total. The van der Waals surface area contributed by atoms with Crippen LogP contribution in [0.15, 0.2) is 17.5 Å². The number of carbonyl (C=O) groups is 2. The normalized spacial score (nSPS) is 10.1. The molecule has 0 aliphatic carbocycles. The van der Waals surface area contributed by atoms with Crippen LogP contribution >= 0.6 is 11.3 Å². The number of carboxylic acid groups (broad SMARTS) is 1. The number of nitrogens with zero attached hydrogens (tertiary/aromatic N) is 1. The third-order valence-corrected chi connectivity index (χ3v) is 3.16. The molecule has 1 heterocycles. The number of likely N-dealkylation sites (N-methyl/N-ethyl adjacent to an activating group) is 1. The molecule has 4 nitrogen and oxygen atoms in total. The first-order valence-electron chi connectivity index (χ1n) is 5.15. The highest BCUT2D eigenvalue weighted by molar-refractivity contribution is 7.09. The van der Waals surface area contributed by atoms with Gasteiger partial charge in [0.05, 0.1) is 0 Å². The van der Waals surface area contributed by atoms with Gasteiger partial charge >= 0.3 is 5.97 Å². The summed E-state index contributed by atoms with van der Waals surface area (Å²) in [6.07, 6.45) is 1.06. The van der Waals surface area contributed by atoms with Crippen LogP contribution in [0.5, 0.6) is 0 Å². The van der Waals surface area contributed by atoms with Gasteiger partial charge in [0.15, 0.2) is 0 Å². The van der Waals surface area contributed by atoms with Crippen LogP contribution in [-0.4, -0.2) is 35.0 Å². The molecule has 0 fully saturated rings. The Bertz CT molecular complexity index is 348. The lowest BCUT2D eigenvalue weighted by Crippen LogP contribution is -2.35. The highest BCUT2D eigenvalue weighted by atomic mass is 32.1. The van der Waals surface area contributed by atoms with Crippen molar-refractivity contribution in [1.82, 2.24) is 4.90 Å². The van der Waals surface area contributed by atoms with Gasteiger partial charge in [-0.15, -0.1) is 11.3 Å². The van der Waals surface area contributed by atoms with E-state index in [-0.39, 0.29) is 12.5 Å². The highest BCUT2D eigenvalue weighted by Crippen LogP contribution is 2.11. The molecule has 0 bridgehead atoms. The van der Waals surface area contributed by atoms with E-state index in [9.17, 15) is 9.59 Å². The van der Waals surface area contributed by atoms with Gasteiger partial charge in [0, 0.05) is 17.8 Å². The van der Waals surface area contributed by atoms with Gasteiger partial charge in [0.25, 0.3) is 0 Å². The number of hydrogen-bond acceptors (Lipinski definition) is 3. The van der Waals surface area contributed by atoms with Gasteiger partial charge in [-0.3, -0.25) is 9.59 Å². The molecule has 1 aromatic rings. The van der Waals surface area contributed by atoms with Crippen LogP contribution in [0.1, 0.15) is 18.2 Å². The zero-order valence-corrected chi connectivity index (χ0v) is 10.00. The van der Waals surface area contributed by atoms with E-state index in [1.807, 2.05) is 17.5 Å². The Balaban J connectivity index is 2.40. The molecule has 0 atom stereocenters. The summed E-state index contributed by atoms with van der Waals surface area (Å²) in [6.45, 7) is 2.02. The predicted molar refractivity (Wildman–Crippen MR) is 62.5 cm³/mol. The van der Waals surface area contributed by atoms with E-state index in [4.69, 9.17) is 5.11 Å². The molecule has 5 heteroatoms. The molecule has 0 aliphatic heterocycles. The lowest BCUT2D eigenvalue weighted by molar-refractivity contribution is -0.144. The number of aliphatic carboxylic acids is 1. The Morgan fingerprint density at radius 1 is 1.50 bits per heavy atom. The maximum absolute atomic E-state index is 11.7. The number of carboxylic acids is 1. The third-order valence-electron chi connectivity index (χ3n) is 2.23. The zero-order valence-electron chi connectivity index (χ0n) is 9.18. The van der Waals surface area contributed by atoms with Gasteiger partial charge in [-0.1, -0.05) is 6.07 Å². The van der Waals surface area contributed by atoms with E-state index < -0.39 is 5.97 Å². The molecule has 0 saturated carbocycles. The molecule has 1 amide bonds. The number of hydrogen-bond donors (Lipinski definition) is 1. The number of carbonyl (C=O) groups excluding carboxylic acids is 1. The fraction of sp³-hybridized carbons (Fsp3) is 0.455. The third kappa shape index (κ3) is 4.02. The minimum absolute atomic E-state index is 0.0988. The Kier molecular flexibility index (Phi) is 4.98. The quantitative estimate of drug-likeness (QED) is 0.823. The van der Waals surface area contributed by atoms with E-state index in [1.165, 1.54) is 4.90 Å². The van der Waals surface area contributed by atoms with Gasteiger partial charge in [-0.2, -0.15) is 0 Å². The van der Waals surface area contributed by atoms with Gasteiger partial charge in [-0.05, 0) is 24.8 Å². The Labute approximate surface area is 98.5 Å². The Hall–Kier alpha value is -1.36. The van der Waals surface area contributed by atoms with Crippen molar-refractivity contribution in [3.63, 3.8) is 0 Å². The molecule has 0 radical (unpaired) electrons. The second-order valence-electron chi connectivity index (χ2n) is 3.38. The SMILES string of the molecule is CCN(CC(=O)O)C(=O)CCc1cccs1. The van der Waals surface area contributed by atoms with Crippen LogP contribution < -0.4 is 0 Å². The number of aryl methyl sites for hydroxylation is 1. The smallest absolute Gasteiger partial charge is 0.323 e. The van der Waals surface area contributed by atoms with Crippen molar-refractivity contribution < 1.29 is 14.7 Å². The predicted octanol–water partition coefficient (Wildman–Crippen LogP) is 1.61. The summed E-state index contributed by atoms with van der Waals surface area (Å²) in [4.78, 5) is 24.7. The van der Waals surface area contributed by atoms with Gasteiger partial charge in [0.1, 0.15) is 6.54 Å². The molecule has 1 rings (SSSR count). The highest BCUT2D eigenvalue weighted by Gasteiger charge is 2.14. The topological polar surface area (TPSA) is 57.6 Å². The minimum atomic E-state index is -0.966. The molecule has 0 saturated heterocycles. The molecular weight excluding hydrogens is 226 g/mol. The average Bonchev–Trinajstić information content (AvgIpc) is 2.75. The molecule has 0 spiro atoms. The number of rotatable bonds is 6. The van der Waals surface area contributed by atoms with Crippen molar-refractivity contribution in [1.29, 1.82) is 0 Å². The van der Waals surface area contributed by atoms with Crippen LogP contribution in [0.3, 0.4) is 0 Å². The molecule has 88 valence electrons. The Morgan fingerprint density at radius 3 is 2.75 bits per heavy atom. The van der Waals surface area contributed by atoms with Crippen LogP contribution in [0.2, 0.25) is 0 Å². The van der Waals surface area contributed by atoms with E-state index >= 15 is 0 Å². The summed E-state index contributed by atoms with van der Waals surface area (Å²) in [5, 5.41) is 10.6. The van der Waals surface area contributed by atoms with Crippen molar-refractivity contribution in [2.24, 2.45) is 0 Å². The summed E-state index contributed by atoms with van der Waals surface area (Å²) in [6, 6.07) is 3.92. The van der Waals surface area contributed by atoms with E-state index in [1.54, 1.807) is 18.3 Å². The first-order chi connectivity index (χ1) is 7.63. The fourth-order valence-electron chi connectivity index (χ4n) is 1.38. The van der Waals surface area contributed by atoms with Crippen molar-refractivity contribution in [3.05, 3.63) is 22.4 Å². The Morgan fingerprint density at radius 2 is 2.25 bits per heavy atom. The van der Waals surface area contributed by atoms with Crippen LogP contribution in [-0.2, 0) is 16.0 Å². The van der Waals surface area contributed by atoms with E-state index in [0.717, 1.165) is 4.88 Å². The van der Waals surface area contributed by atoms with E-state index in [2.05, 4.69) is 0 Å². The molecule has 1 aromatic heterocycles. The van der Waals surface area contributed by atoms with Crippen molar-refractivity contribution in [2.75, 3.05) is 13.1 Å². The number of amides is 1. The van der Waals surface area contributed by atoms with E-state index in [0.29, 0.717) is 19.4 Å². The first kappa shape index (κ1) is 12.7. The largest absolute Gasteiger partial charge is 0.480 e. The van der Waals surface area contributed by atoms with Crippen LogP contribution in [0.25, 0.3) is 0 Å². The van der Waals surface area contributed by atoms with Crippen molar-refractivity contribution >= 4 is 23.2 Å². The summed E-state index contributed by atoms with van der Waals surface area (Å²) in [5.41, 5.74) is 0. The molecular formula is C11H15NO3S. The summed E-state index contributed by atoms with van der Waals surface area (Å²) in [5.74, 6) is -1.07. The lowest BCUT2D eigenvalue weighted by Gasteiger charge is -2.18. The molecule has 0 aliphatic rings. The van der Waals surface area contributed by atoms with Gasteiger partial charge in [0.2, 0.25) is 5.91 Å². The summed E-state index contributed by atoms with van der Waals surface area (Å²) in [7, 11) is 0. The lowest BCUT2D eigenvalue weighted by atomic mass is 10.2. The second kappa shape index (κ2) is 6.27. The maximum atomic E-state index is 11.7. The minimum Gasteiger partial charge on any atom is -0.480 e. The fourth-order valence-corrected chi connectivity index (χ4v) is 2.09. The first-order valence-corrected chi connectivity index (χ1v) is 6.03. The summed E-state index contributed by atoms with van der Waals surface area (Å²) >= 11 is 1.61. The average molecular weight is 241 g/mol.